The minimum absolute atomic E-state index is 0.00568. The van der Waals surface area contributed by atoms with Crippen LogP contribution in [0, 0.1) is 6.92 Å². The standard InChI is InChI=1S/C17H21ClN4O/c1-11-9-15(22(3)21-11)17(7-4-8-19-2)13-6-5-12(18)10-14(13)20-16(17)23/h5-6,9-10,19H,4,7-8H2,1-3H3,(H,20,23)/t17-/m1/s1. The number of fused-ring (bicyclic) bond motifs is 1. The number of hydrogen-bond donors (Lipinski definition) is 2. The van der Waals surface area contributed by atoms with Gasteiger partial charge in [-0.3, -0.25) is 9.48 Å². The summed E-state index contributed by atoms with van der Waals surface area (Å²) in [6.45, 7) is 2.80. The van der Waals surface area contributed by atoms with E-state index in [1.165, 1.54) is 0 Å². The summed E-state index contributed by atoms with van der Waals surface area (Å²) in [5.41, 5.74) is 2.89. The Bertz CT molecular complexity index is 755. The van der Waals surface area contributed by atoms with Gasteiger partial charge in [0.2, 0.25) is 5.91 Å². The van der Waals surface area contributed by atoms with Gasteiger partial charge in [0.05, 0.1) is 11.4 Å². The number of aromatic nitrogens is 2. The van der Waals surface area contributed by atoms with E-state index in [1.54, 1.807) is 0 Å². The minimum atomic E-state index is -0.715. The lowest BCUT2D eigenvalue weighted by atomic mass is 9.74. The number of hydrogen-bond acceptors (Lipinski definition) is 3. The number of nitrogens with zero attached hydrogens (tertiary/aromatic N) is 2. The van der Waals surface area contributed by atoms with Crippen LogP contribution in [-0.4, -0.2) is 29.3 Å². The lowest BCUT2D eigenvalue weighted by Gasteiger charge is -2.28. The Kier molecular flexibility index (Phi) is 4.17. The number of aryl methyl sites for hydroxylation is 2. The molecule has 0 saturated carbocycles. The summed E-state index contributed by atoms with van der Waals surface area (Å²) in [6.07, 6.45) is 1.60. The first-order valence-corrected chi connectivity index (χ1v) is 8.14. The molecule has 23 heavy (non-hydrogen) atoms. The predicted molar refractivity (Wildman–Crippen MR) is 92.0 cm³/mol. The van der Waals surface area contributed by atoms with Crippen molar-refractivity contribution >= 4 is 23.2 Å². The fraction of sp³-hybridized carbons (Fsp3) is 0.412. The second-order valence-corrected chi connectivity index (χ2v) is 6.49. The molecular formula is C17H21ClN4O. The van der Waals surface area contributed by atoms with Crippen LogP contribution >= 0.6 is 11.6 Å². The number of carbonyl (C=O) groups excluding carboxylic acids is 1. The first-order chi connectivity index (χ1) is 11.0. The SMILES string of the molecule is CNCCC[C@@]1(c2cc(C)nn2C)C(=O)Nc2cc(Cl)ccc21. The third kappa shape index (κ3) is 2.54. The summed E-state index contributed by atoms with van der Waals surface area (Å²) in [7, 11) is 3.81. The van der Waals surface area contributed by atoms with Gasteiger partial charge in [-0.1, -0.05) is 17.7 Å². The van der Waals surface area contributed by atoms with Gasteiger partial charge in [0, 0.05) is 17.8 Å². The Balaban J connectivity index is 2.17. The molecule has 1 aromatic carbocycles. The fourth-order valence-corrected chi connectivity index (χ4v) is 3.69. The number of carbonyl (C=O) groups is 1. The van der Waals surface area contributed by atoms with Gasteiger partial charge in [-0.2, -0.15) is 5.10 Å². The zero-order valence-corrected chi connectivity index (χ0v) is 14.4. The molecule has 1 atom stereocenters. The third-order valence-electron chi connectivity index (χ3n) is 4.50. The van der Waals surface area contributed by atoms with Crippen molar-refractivity contribution in [2.45, 2.75) is 25.2 Å². The van der Waals surface area contributed by atoms with Crippen molar-refractivity contribution in [3.05, 3.63) is 46.2 Å². The molecule has 2 N–H and O–H groups in total. The zero-order valence-electron chi connectivity index (χ0n) is 13.6. The third-order valence-corrected chi connectivity index (χ3v) is 4.73. The molecule has 3 rings (SSSR count). The van der Waals surface area contributed by atoms with Crippen LogP contribution in [0.2, 0.25) is 5.02 Å². The Morgan fingerprint density at radius 2 is 2.17 bits per heavy atom. The number of anilines is 1. The Labute approximate surface area is 141 Å². The molecule has 0 aliphatic carbocycles. The van der Waals surface area contributed by atoms with Gasteiger partial charge in [0.1, 0.15) is 5.41 Å². The highest BCUT2D eigenvalue weighted by atomic mass is 35.5. The number of rotatable bonds is 5. The monoisotopic (exact) mass is 332 g/mol. The molecule has 1 aliphatic rings. The summed E-state index contributed by atoms with van der Waals surface area (Å²) in [6, 6.07) is 7.62. The topological polar surface area (TPSA) is 59.0 Å². The molecule has 1 aromatic heterocycles. The number of halogens is 1. The zero-order chi connectivity index (χ0) is 16.6. The maximum atomic E-state index is 13.0. The van der Waals surface area contributed by atoms with Crippen molar-refractivity contribution in [1.82, 2.24) is 15.1 Å². The van der Waals surface area contributed by atoms with E-state index in [-0.39, 0.29) is 5.91 Å². The summed E-state index contributed by atoms with van der Waals surface area (Å²) in [4.78, 5) is 13.0. The van der Waals surface area contributed by atoms with Gasteiger partial charge in [-0.15, -0.1) is 0 Å². The van der Waals surface area contributed by atoms with E-state index < -0.39 is 5.41 Å². The second-order valence-electron chi connectivity index (χ2n) is 6.05. The van der Waals surface area contributed by atoms with Crippen LogP contribution in [0.25, 0.3) is 0 Å². The van der Waals surface area contributed by atoms with Gasteiger partial charge in [-0.25, -0.2) is 0 Å². The normalized spacial score (nSPS) is 19.7. The lowest BCUT2D eigenvalue weighted by molar-refractivity contribution is -0.120. The van der Waals surface area contributed by atoms with Crippen LogP contribution in [-0.2, 0) is 17.3 Å². The number of nitrogens with one attached hydrogen (secondary N) is 2. The summed E-state index contributed by atoms with van der Waals surface area (Å²) in [5, 5.41) is 11.2. The molecule has 1 amide bonds. The molecule has 5 nitrogen and oxygen atoms in total. The molecule has 2 aromatic rings. The fourth-order valence-electron chi connectivity index (χ4n) is 3.51. The van der Waals surface area contributed by atoms with Crippen LogP contribution < -0.4 is 10.6 Å². The van der Waals surface area contributed by atoms with Crippen molar-refractivity contribution in [2.75, 3.05) is 18.9 Å². The first kappa shape index (κ1) is 16.0. The Morgan fingerprint density at radius 3 is 2.83 bits per heavy atom. The molecular weight excluding hydrogens is 312 g/mol. The Hall–Kier alpha value is -1.85. The molecule has 6 heteroatoms. The molecule has 0 bridgehead atoms. The van der Waals surface area contributed by atoms with Gasteiger partial charge >= 0.3 is 0 Å². The van der Waals surface area contributed by atoms with Crippen molar-refractivity contribution in [3.8, 4) is 0 Å². The summed E-state index contributed by atoms with van der Waals surface area (Å²) in [5.74, 6) is -0.00568. The maximum absolute atomic E-state index is 13.0. The highest BCUT2D eigenvalue weighted by molar-refractivity contribution is 6.31. The highest BCUT2D eigenvalue weighted by Gasteiger charge is 2.49. The van der Waals surface area contributed by atoms with Gasteiger partial charge < -0.3 is 10.6 Å². The van der Waals surface area contributed by atoms with Gasteiger partial charge in [0.15, 0.2) is 0 Å². The van der Waals surface area contributed by atoms with Crippen LogP contribution in [0.5, 0.6) is 0 Å². The van der Waals surface area contributed by atoms with Crippen LogP contribution in [0.1, 0.15) is 29.8 Å². The molecule has 0 unspecified atom stereocenters. The van der Waals surface area contributed by atoms with Crippen molar-refractivity contribution in [2.24, 2.45) is 7.05 Å². The van der Waals surface area contributed by atoms with Crippen molar-refractivity contribution in [1.29, 1.82) is 0 Å². The van der Waals surface area contributed by atoms with E-state index in [2.05, 4.69) is 15.7 Å². The minimum Gasteiger partial charge on any atom is -0.325 e. The average Bonchev–Trinajstić information content (AvgIpc) is 2.96. The second kappa shape index (κ2) is 5.98. The molecule has 0 saturated heterocycles. The number of amides is 1. The largest absolute Gasteiger partial charge is 0.325 e. The molecule has 122 valence electrons. The van der Waals surface area contributed by atoms with Crippen LogP contribution in [0.15, 0.2) is 24.3 Å². The summed E-state index contributed by atoms with van der Waals surface area (Å²) < 4.78 is 1.82. The molecule has 0 spiro atoms. The summed E-state index contributed by atoms with van der Waals surface area (Å²) >= 11 is 6.09. The van der Waals surface area contributed by atoms with Crippen LogP contribution in [0.4, 0.5) is 5.69 Å². The molecule has 0 radical (unpaired) electrons. The van der Waals surface area contributed by atoms with E-state index in [1.807, 2.05) is 50.0 Å². The smallest absolute Gasteiger partial charge is 0.241 e. The quantitative estimate of drug-likeness (QED) is 0.827. The Morgan fingerprint density at radius 1 is 1.39 bits per heavy atom. The van der Waals surface area contributed by atoms with E-state index in [4.69, 9.17) is 11.6 Å². The first-order valence-electron chi connectivity index (χ1n) is 7.76. The van der Waals surface area contributed by atoms with Crippen molar-refractivity contribution < 1.29 is 4.79 Å². The van der Waals surface area contributed by atoms with E-state index in [9.17, 15) is 4.79 Å². The molecule has 1 aliphatic heterocycles. The van der Waals surface area contributed by atoms with Gasteiger partial charge in [-0.05, 0) is 57.1 Å². The lowest BCUT2D eigenvalue weighted by Crippen LogP contribution is -2.38. The molecule has 2 heterocycles. The highest BCUT2D eigenvalue weighted by Crippen LogP contribution is 2.46. The van der Waals surface area contributed by atoms with Crippen molar-refractivity contribution in [3.63, 3.8) is 0 Å². The van der Waals surface area contributed by atoms with E-state index in [0.717, 1.165) is 35.6 Å². The number of benzene rings is 1. The predicted octanol–water partition coefficient (Wildman–Crippen LogP) is 2.62. The molecule has 0 fully saturated rings. The van der Waals surface area contributed by atoms with Crippen LogP contribution in [0.3, 0.4) is 0 Å². The van der Waals surface area contributed by atoms with E-state index in [0.29, 0.717) is 11.4 Å². The van der Waals surface area contributed by atoms with E-state index >= 15 is 0 Å². The average molecular weight is 333 g/mol. The maximum Gasteiger partial charge on any atom is 0.241 e. The van der Waals surface area contributed by atoms with Gasteiger partial charge in [0.25, 0.3) is 0 Å².